The lowest BCUT2D eigenvalue weighted by atomic mass is 10.3. The van der Waals surface area contributed by atoms with Crippen molar-refractivity contribution < 1.29 is 13.2 Å². The van der Waals surface area contributed by atoms with Crippen LogP contribution < -0.4 is 5.56 Å². The topological polar surface area (TPSA) is 89.1 Å². The minimum atomic E-state index is -3.28. The van der Waals surface area contributed by atoms with Gasteiger partial charge in [0, 0.05) is 19.4 Å². The van der Waals surface area contributed by atoms with Crippen LogP contribution in [0.2, 0.25) is 0 Å². The molecule has 1 aromatic heterocycles. The second-order valence-corrected chi connectivity index (χ2v) is 5.89. The Labute approximate surface area is 93.6 Å². The summed E-state index contributed by atoms with van der Waals surface area (Å²) in [6.07, 6.45) is 1.10. The Morgan fingerprint density at radius 2 is 2.19 bits per heavy atom. The number of aromatic amines is 1. The van der Waals surface area contributed by atoms with E-state index in [4.69, 9.17) is 4.74 Å². The third-order valence-corrected chi connectivity index (χ3v) is 3.64. The summed E-state index contributed by atoms with van der Waals surface area (Å²) in [5.74, 6) is 0.141. The molecule has 1 aromatic rings. The van der Waals surface area contributed by atoms with Gasteiger partial charge in [0.1, 0.15) is 11.1 Å². The number of methoxy groups -OCH3 is 1. The van der Waals surface area contributed by atoms with Crippen LogP contribution in [-0.2, 0) is 21.2 Å². The fraction of sp³-hybridized carbons (Fsp3) is 0.556. The van der Waals surface area contributed by atoms with E-state index in [1.165, 1.54) is 20.1 Å². The molecule has 0 fully saturated rings. The quantitative estimate of drug-likeness (QED) is 0.809. The minimum Gasteiger partial charge on any atom is -0.378 e. The number of rotatable bonds is 4. The van der Waals surface area contributed by atoms with Gasteiger partial charge in [-0.2, -0.15) is 0 Å². The van der Waals surface area contributed by atoms with Gasteiger partial charge in [-0.15, -0.1) is 0 Å². The molecule has 0 aliphatic carbocycles. The van der Waals surface area contributed by atoms with Crippen LogP contribution >= 0.6 is 0 Å². The van der Waals surface area contributed by atoms with Crippen molar-refractivity contribution >= 4 is 9.84 Å². The summed E-state index contributed by atoms with van der Waals surface area (Å²) in [4.78, 5) is 17.7. The first-order valence-electron chi connectivity index (χ1n) is 4.62. The summed E-state index contributed by atoms with van der Waals surface area (Å²) in [6, 6.07) is 1.28. The molecule has 0 saturated heterocycles. The normalized spacial score (nSPS) is 13.7. The Hall–Kier alpha value is -1.21. The van der Waals surface area contributed by atoms with Crippen molar-refractivity contribution in [1.29, 1.82) is 0 Å². The smallest absolute Gasteiger partial charge is 0.251 e. The standard InChI is InChI=1S/C9H14N2O4S/c1-6(16(3,13)14)9-10-7(5-15-2)4-8(12)11-9/h4,6H,5H2,1-3H3,(H,10,11,12). The van der Waals surface area contributed by atoms with Crippen molar-refractivity contribution in [2.75, 3.05) is 13.4 Å². The number of ether oxygens (including phenoxy) is 1. The maximum absolute atomic E-state index is 11.3. The lowest BCUT2D eigenvalue weighted by molar-refractivity contribution is 0.181. The monoisotopic (exact) mass is 246 g/mol. The first kappa shape index (κ1) is 12.9. The van der Waals surface area contributed by atoms with Gasteiger partial charge < -0.3 is 9.72 Å². The minimum absolute atomic E-state index is 0.141. The molecule has 0 aliphatic rings. The van der Waals surface area contributed by atoms with Crippen LogP contribution in [0.4, 0.5) is 0 Å². The molecule has 6 nitrogen and oxygen atoms in total. The zero-order valence-corrected chi connectivity index (χ0v) is 10.2. The molecule has 1 N–H and O–H groups in total. The first-order valence-corrected chi connectivity index (χ1v) is 6.58. The van der Waals surface area contributed by atoms with Crippen molar-refractivity contribution in [2.45, 2.75) is 18.8 Å². The van der Waals surface area contributed by atoms with Gasteiger partial charge in [-0.1, -0.05) is 0 Å². The van der Waals surface area contributed by atoms with Gasteiger partial charge in [-0.3, -0.25) is 4.79 Å². The summed E-state index contributed by atoms with van der Waals surface area (Å²) in [5, 5.41) is -0.836. The van der Waals surface area contributed by atoms with Gasteiger partial charge in [-0.25, -0.2) is 13.4 Å². The molecule has 0 aliphatic heterocycles. The van der Waals surface area contributed by atoms with Crippen molar-refractivity contribution in [3.8, 4) is 0 Å². The lowest BCUT2D eigenvalue weighted by Crippen LogP contribution is -2.19. The number of hydrogen-bond acceptors (Lipinski definition) is 5. The molecule has 0 saturated carbocycles. The average molecular weight is 246 g/mol. The van der Waals surface area contributed by atoms with Crippen LogP contribution in [0.1, 0.15) is 23.7 Å². The number of hydrogen-bond donors (Lipinski definition) is 1. The molecule has 0 amide bonds. The molecule has 1 heterocycles. The van der Waals surface area contributed by atoms with E-state index >= 15 is 0 Å². The van der Waals surface area contributed by atoms with Gasteiger partial charge in [0.15, 0.2) is 9.84 Å². The molecule has 0 bridgehead atoms. The van der Waals surface area contributed by atoms with E-state index in [1.807, 2.05) is 0 Å². The highest BCUT2D eigenvalue weighted by atomic mass is 32.2. The van der Waals surface area contributed by atoms with Crippen LogP contribution in [0.15, 0.2) is 10.9 Å². The van der Waals surface area contributed by atoms with Crippen LogP contribution in [-0.4, -0.2) is 31.8 Å². The molecule has 0 spiro atoms. The highest BCUT2D eigenvalue weighted by Crippen LogP contribution is 2.15. The maximum Gasteiger partial charge on any atom is 0.251 e. The van der Waals surface area contributed by atoms with Gasteiger partial charge in [0.2, 0.25) is 0 Å². The third kappa shape index (κ3) is 3.14. The SMILES string of the molecule is COCc1cc(=O)[nH]c(C(C)S(C)(=O)=O)n1. The summed E-state index contributed by atoms with van der Waals surface area (Å²) in [7, 11) is -1.80. The number of nitrogens with zero attached hydrogens (tertiary/aromatic N) is 1. The van der Waals surface area contributed by atoms with Crippen LogP contribution in [0.3, 0.4) is 0 Å². The highest BCUT2D eigenvalue weighted by Gasteiger charge is 2.20. The second-order valence-electron chi connectivity index (χ2n) is 3.53. The molecule has 90 valence electrons. The molecular formula is C9H14N2O4S. The van der Waals surface area contributed by atoms with Gasteiger partial charge in [0.25, 0.3) is 5.56 Å². The van der Waals surface area contributed by atoms with E-state index in [1.54, 1.807) is 0 Å². The van der Waals surface area contributed by atoms with E-state index in [0.717, 1.165) is 6.26 Å². The average Bonchev–Trinajstić information content (AvgIpc) is 2.14. The predicted molar refractivity (Wildman–Crippen MR) is 58.8 cm³/mol. The van der Waals surface area contributed by atoms with Gasteiger partial charge in [-0.05, 0) is 6.92 Å². The second kappa shape index (κ2) is 4.75. The zero-order chi connectivity index (χ0) is 12.3. The van der Waals surface area contributed by atoms with Gasteiger partial charge >= 0.3 is 0 Å². The van der Waals surface area contributed by atoms with E-state index in [9.17, 15) is 13.2 Å². The summed E-state index contributed by atoms with van der Waals surface area (Å²) >= 11 is 0. The molecule has 16 heavy (non-hydrogen) atoms. The molecule has 7 heteroatoms. The fourth-order valence-electron chi connectivity index (χ4n) is 1.15. The molecule has 1 rings (SSSR count). The van der Waals surface area contributed by atoms with Crippen LogP contribution in [0.25, 0.3) is 0 Å². The van der Waals surface area contributed by atoms with Crippen molar-refractivity contribution in [3.05, 3.63) is 27.9 Å². The number of nitrogens with one attached hydrogen (secondary N) is 1. The van der Waals surface area contributed by atoms with E-state index in [2.05, 4.69) is 9.97 Å². The number of sulfone groups is 1. The summed E-state index contributed by atoms with van der Waals surface area (Å²) < 4.78 is 27.5. The third-order valence-electron chi connectivity index (χ3n) is 2.13. The molecule has 1 atom stereocenters. The number of H-pyrrole nitrogens is 1. The Morgan fingerprint density at radius 3 is 2.69 bits per heavy atom. The summed E-state index contributed by atoms with van der Waals surface area (Å²) in [6.45, 7) is 1.65. The van der Waals surface area contributed by atoms with Crippen LogP contribution in [0, 0.1) is 0 Å². The van der Waals surface area contributed by atoms with Crippen molar-refractivity contribution in [3.63, 3.8) is 0 Å². The van der Waals surface area contributed by atoms with Crippen molar-refractivity contribution in [2.24, 2.45) is 0 Å². The zero-order valence-electron chi connectivity index (χ0n) is 9.35. The van der Waals surface area contributed by atoms with Crippen LogP contribution in [0.5, 0.6) is 0 Å². The molecule has 1 unspecified atom stereocenters. The predicted octanol–water partition coefficient (Wildman–Crippen LogP) is 0.0219. The molecule has 0 aromatic carbocycles. The Bertz CT molecular complexity index is 521. The lowest BCUT2D eigenvalue weighted by Gasteiger charge is -2.09. The fourth-order valence-corrected chi connectivity index (χ4v) is 1.66. The van der Waals surface area contributed by atoms with E-state index < -0.39 is 15.1 Å². The molecular weight excluding hydrogens is 232 g/mol. The van der Waals surface area contributed by atoms with Gasteiger partial charge in [0.05, 0.1) is 12.3 Å². The largest absolute Gasteiger partial charge is 0.378 e. The van der Waals surface area contributed by atoms with E-state index in [-0.39, 0.29) is 18.0 Å². The number of aromatic nitrogens is 2. The highest BCUT2D eigenvalue weighted by molar-refractivity contribution is 7.90. The molecule has 0 radical (unpaired) electrons. The van der Waals surface area contributed by atoms with Crippen molar-refractivity contribution in [1.82, 2.24) is 9.97 Å². The Balaban J connectivity index is 3.20. The Morgan fingerprint density at radius 1 is 1.56 bits per heavy atom. The summed E-state index contributed by atoms with van der Waals surface area (Å²) in [5.41, 5.74) is 0.0318. The maximum atomic E-state index is 11.3. The van der Waals surface area contributed by atoms with E-state index in [0.29, 0.717) is 5.69 Å². The first-order chi connectivity index (χ1) is 7.34. The Kier molecular flexibility index (Phi) is 3.82.